The van der Waals surface area contributed by atoms with Crippen LogP contribution < -0.4 is 11.1 Å². The zero-order valence-electron chi connectivity index (χ0n) is 11.3. The minimum atomic E-state index is -0.432. The Hall–Kier alpha value is -1.09. The van der Waals surface area contributed by atoms with Crippen LogP contribution >= 0.6 is 0 Å². The molecule has 0 bridgehead atoms. The molecule has 0 aromatic rings. The highest BCUT2D eigenvalue weighted by Gasteiger charge is 2.30. The average Bonchev–Trinajstić information content (AvgIpc) is 2.31. The lowest BCUT2D eigenvalue weighted by Crippen LogP contribution is -2.54. The molecule has 0 aromatic heterocycles. The van der Waals surface area contributed by atoms with E-state index >= 15 is 0 Å². The Kier molecular flexibility index (Phi) is 4.52. The molecule has 1 amide bonds. The predicted molar refractivity (Wildman–Crippen MR) is 71.5 cm³/mol. The molecule has 1 aliphatic rings. The highest BCUT2D eigenvalue weighted by atomic mass is 16.2. The van der Waals surface area contributed by atoms with Crippen molar-refractivity contribution >= 4 is 5.91 Å². The fraction of sp³-hybridized carbons (Fsp3) is 0.643. The lowest BCUT2D eigenvalue weighted by molar-refractivity contribution is -0.124. The predicted octanol–water partition coefficient (Wildman–Crippen LogP) is 2.14. The van der Waals surface area contributed by atoms with Crippen LogP contribution in [0.25, 0.3) is 0 Å². The van der Waals surface area contributed by atoms with Crippen molar-refractivity contribution in [3.63, 3.8) is 0 Å². The van der Waals surface area contributed by atoms with Crippen molar-refractivity contribution in [3.05, 3.63) is 23.8 Å². The summed E-state index contributed by atoms with van der Waals surface area (Å²) in [6.45, 7) is 8.07. The number of carbonyl (C=O) groups excluding carboxylic acids is 1. The molecule has 0 spiro atoms. The molecule has 0 heterocycles. The van der Waals surface area contributed by atoms with Crippen molar-refractivity contribution in [2.24, 2.45) is 11.7 Å². The van der Waals surface area contributed by atoms with Crippen molar-refractivity contribution < 1.29 is 4.79 Å². The van der Waals surface area contributed by atoms with Crippen molar-refractivity contribution in [1.29, 1.82) is 0 Å². The smallest absolute Gasteiger partial charge is 0.237 e. The van der Waals surface area contributed by atoms with Gasteiger partial charge in [0.15, 0.2) is 0 Å². The summed E-state index contributed by atoms with van der Waals surface area (Å²) in [7, 11) is 0. The Labute approximate surface area is 104 Å². The standard InChI is InChI=1S/C14H24N2O/c1-5-14(8-6-11(4)7-9-14)16-13(17)12(15)10(2)3/h6-8,10,12H,5,9,15H2,1-4H3,(H,16,17)/t12-,14?/m0/s1. The Balaban J connectivity index is 2.72. The van der Waals surface area contributed by atoms with Crippen LogP contribution in [0, 0.1) is 5.92 Å². The molecule has 1 aliphatic carbocycles. The summed E-state index contributed by atoms with van der Waals surface area (Å²) in [4.78, 5) is 12.0. The van der Waals surface area contributed by atoms with E-state index in [4.69, 9.17) is 5.73 Å². The monoisotopic (exact) mass is 236 g/mol. The molecule has 3 N–H and O–H groups in total. The lowest BCUT2D eigenvalue weighted by Gasteiger charge is -2.33. The summed E-state index contributed by atoms with van der Waals surface area (Å²) in [6.07, 6.45) is 8.04. The van der Waals surface area contributed by atoms with Gasteiger partial charge in [-0.15, -0.1) is 0 Å². The maximum Gasteiger partial charge on any atom is 0.237 e. The van der Waals surface area contributed by atoms with Gasteiger partial charge in [-0.2, -0.15) is 0 Å². The maximum absolute atomic E-state index is 12.0. The van der Waals surface area contributed by atoms with E-state index in [9.17, 15) is 4.79 Å². The van der Waals surface area contributed by atoms with E-state index in [-0.39, 0.29) is 17.4 Å². The van der Waals surface area contributed by atoms with Gasteiger partial charge >= 0.3 is 0 Å². The molecule has 2 atom stereocenters. The number of hydrogen-bond donors (Lipinski definition) is 2. The summed E-state index contributed by atoms with van der Waals surface area (Å²) in [5, 5.41) is 3.09. The normalized spacial score (nSPS) is 25.6. The summed E-state index contributed by atoms with van der Waals surface area (Å²) in [5.74, 6) is 0.105. The molecule has 17 heavy (non-hydrogen) atoms. The van der Waals surface area contributed by atoms with Gasteiger partial charge in [-0.25, -0.2) is 0 Å². The molecule has 3 nitrogen and oxygen atoms in total. The number of carbonyl (C=O) groups is 1. The van der Waals surface area contributed by atoms with Crippen LogP contribution in [0.4, 0.5) is 0 Å². The zero-order valence-corrected chi connectivity index (χ0v) is 11.3. The topological polar surface area (TPSA) is 55.1 Å². The Bertz CT molecular complexity index is 344. The number of hydrogen-bond acceptors (Lipinski definition) is 2. The van der Waals surface area contributed by atoms with Gasteiger partial charge < -0.3 is 11.1 Å². The van der Waals surface area contributed by atoms with Crippen LogP contribution in [-0.2, 0) is 4.79 Å². The molecule has 3 heteroatoms. The summed E-state index contributed by atoms with van der Waals surface area (Å²) in [5.41, 5.74) is 6.87. The van der Waals surface area contributed by atoms with Crippen LogP contribution in [0.5, 0.6) is 0 Å². The number of nitrogens with two attached hydrogens (primary N) is 1. The first-order valence-corrected chi connectivity index (χ1v) is 6.34. The summed E-state index contributed by atoms with van der Waals surface area (Å²) >= 11 is 0. The highest BCUT2D eigenvalue weighted by Crippen LogP contribution is 2.24. The van der Waals surface area contributed by atoms with Crippen molar-refractivity contribution in [1.82, 2.24) is 5.32 Å². The molecular formula is C14H24N2O. The second-order valence-corrected chi connectivity index (χ2v) is 5.25. The molecular weight excluding hydrogens is 212 g/mol. The molecule has 1 unspecified atom stereocenters. The van der Waals surface area contributed by atoms with E-state index in [0.29, 0.717) is 0 Å². The number of allylic oxidation sites excluding steroid dienone is 2. The van der Waals surface area contributed by atoms with Crippen LogP contribution in [-0.4, -0.2) is 17.5 Å². The first-order valence-electron chi connectivity index (χ1n) is 6.34. The molecule has 0 radical (unpaired) electrons. The molecule has 0 fully saturated rings. The third-order valence-corrected chi connectivity index (χ3v) is 3.48. The Morgan fingerprint density at radius 3 is 2.65 bits per heavy atom. The molecule has 1 rings (SSSR count). The quantitative estimate of drug-likeness (QED) is 0.785. The average molecular weight is 236 g/mol. The van der Waals surface area contributed by atoms with Crippen molar-refractivity contribution in [3.8, 4) is 0 Å². The van der Waals surface area contributed by atoms with E-state index in [2.05, 4.69) is 37.4 Å². The van der Waals surface area contributed by atoms with Crippen LogP contribution in [0.2, 0.25) is 0 Å². The first kappa shape index (κ1) is 14.0. The van der Waals surface area contributed by atoms with Crippen LogP contribution in [0.15, 0.2) is 23.8 Å². The SMILES string of the molecule is CCC1(NC(=O)[C@@H](N)C(C)C)C=CC(C)=CC1. The van der Waals surface area contributed by atoms with E-state index < -0.39 is 6.04 Å². The number of rotatable bonds is 4. The van der Waals surface area contributed by atoms with Crippen molar-refractivity contribution in [2.75, 3.05) is 0 Å². The van der Waals surface area contributed by atoms with E-state index in [1.165, 1.54) is 5.57 Å². The summed E-state index contributed by atoms with van der Waals surface area (Å²) in [6, 6.07) is -0.432. The van der Waals surface area contributed by atoms with Crippen LogP contribution in [0.1, 0.15) is 40.5 Å². The van der Waals surface area contributed by atoms with Gasteiger partial charge in [-0.05, 0) is 25.7 Å². The fourth-order valence-electron chi connectivity index (χ4n) is 1.84. The van der Waals surface area contributed by atoms with Gasteiger partial charge in [0.25, 0.3) is 0 Å². The van der Waals surface area contributed by atoms with E-state index in [1.807, 2.05) is 13.8 Å². The molecule has 96 valence electrons. The second kappa shape index (κ2) is 5.50. The Morgan fingerprint density at radius 2 is 2.24 bits per heavy atom. The van der Waals surface area contributed by atoms with E-state index in [1.54, 1.807) is 0 Å². The highest BCUT2D eigenvalue weighted by molar-refractivity contribution is 5.82. The van der Waals surface area contributed by atoms with Gasteiger partial charge in [-0.3, -0.25) is 4.79 Å². The minimum Gasteiger partial charge on any atom is -0.346 e. The summed E-state index contributed by atoms with van der Waals surface area (Å²) < 4.78 is 0. The van der Waals surface area contributed by atoms with Gasteiger partial charge in [0.2, 0.25) is 5.91 Å². The third-order valence-electron chi connectivity index (χ3n) is 3.48. The minimum absolute atomic E-state index is 0.0561. The molecule has 0 saturated carbocycles. The molecule has 0 saturated heterocycles. The zero-order chi connectivity index (χ0) is 13.1. The third kappa shape index (κ3) is 3.43. The van der Waals surface area contributed by atoms with Gasteiger partial charge in [0.1, 0.15) is 0 Å². The largest absolute Gasteiger partial charge is 0.346 e. The Morgan fingerprint density at radius 1 is 1.59 bits per heavy atom. The number of amides is 1. The van der Waals surface area contributed by atoms with Crippen molar-refractivity contribution in [2.45, 2.75) is 52.1 Å². The number of nitrogens with one attached hydrogen (secondary N) is 1. The lowest BCUT2D eigenvalue weighted by atomic mass is 9.86. The first-order chi connectivity index (χ1) is 7.90. The van der Waals surface area contributed by atoms with Gasteiger partial charge in [0, 0.05) is 0 Å². The van der Waals surface area contributed by atoms with Gasteiger partial charge in [0.05, 0.1) is 11.6 Å². The fourth-order valence-corrected chi connectivity index (χ4v) is 1.84. The van der Waals surface area contributed by atoms with E-state index in [0.717, 1.165) is 12.8 Å². The maximum atomic E-state index is 12.0. The molecule has 0 aromatic carbocycles. The van der Waals surface area contributed by atoms with Gasteiger partial charge in [-0.1, -0.05) is 44.6 Å². The molecule has 0 aliphatic heterocycles. The second-order valence-electron chi connectivity index (χ2n) is 5.25. The van der Waals surface area contributed by atoms with Crippen LogP contribution in [0.3, 0.4) is 0 Å².